The molecule has 4 heterocycles. The monoisotopic (exact) mass is 1500 g/mol. The fraction of sp³-hybridized carbons (Fsp3) is 0.634. The Balaban J connectivity index is 1.40. The predicted molar refractivity (Wildman–Crippen MR) is 393 cm³/mol. The third-order valence-corrected chi connectivity index (χ3v) is 21.4. The van der Waals surface area contributed by atoms with E-state index in [-0.39, 0.29) is 118 Å². The lowest BCUT2D eigenvalue weighted by atomic mass is 9.97. The zero-order valence-corrected chi connectivity index (χ0v) is 63.0. The average Bonchev–Trinajstić information content (AvgIpc) is 1.67. The van der Waals surface area contributed by atoms with E-state index >= 15 is 0 Å². The van der Waals surface area contributed by atoms with Crippen LogP contribution in [0.4, 0.5) is 0 Å². The minimum Gasteiger partial charge on any atom is -0.508 e. The van der Waals surface area contributed by atoms with E-state index in [2.05, 4.69) is 53.2 Å². The second kappa shape index (κ2) is 40.7. The summed E-state index contributed by atoms with van der Waals surface area (Å²) in [7, 11) is 1.97. The van der Waals surface area contributed by atoms with Gasteiger partial charge in [-0.05, 0) is 117 Å². The molecule has 18 N–H and O–H groups in total. The first-order valence-electron chi connectivity index (χ1n) is 36.2. The number of carbonyl (C=O) groups excluding carboxylic acids is 14. The molecule has 0 unspecified atom stereocenters. The summed E-state index contributed by atoms with van der Waals surface area (Å²) in [6.45, 7) is 14.7. The molecule has 580 valence electrons. The summed E-state index contributed by atoms with van der Waals surface area (Å²) in [6.07, 6.45) is 1.75. The standard InChI is InChI=1S/C71H108N16O16S2/c1-10-40(8)58(59(74)91)84-63(95)47(29-38(4)5)77-64(96)51(33-72)81-66(98)53-35-104-105-36-54(75-41(9)88)70(102)87-27-13-16-57(87)71(103)86-26-12-15-56(86)67(99)79-49(32-43-19-23-45(90)24-20-43)62(94)80-50(30-39(6)7)69(101)85-25-11-14-55(85)68(100)82-52(34-73)65(97)78-48(31-42-17-21-44(89)22-18-42)61(93)76-46(28-37(2)3)60(92)83-53/h17-24,37-40,46-58,89-90H,10-16,25-36,72-73H2,1-9H3,(H2,74,91)(H,75,88)(H,76,93)(H,77,96)(H,78,97)(H,79,99)(H,80,94)(H,81,98)(H,82,100)(H,83,92)(H,84,95)/t40-,46-,47-,48-,49-,50-,51+,52-,53-,54-,55-,56-,57-,58-/m0/s1. The van der Waals surface area contributed by atoms with Gasteiger partial charge in [0, 0.05) is 64.0 Å². The third-order valence-electron chi connectivity index (χ3n) is 18.9. The lowest BCUT2D eigenvalue weighted by Crippen LogP contribution is -2.62. The molecule has 2 aromatic rings. The number of fused-ring (bicyclic) bond motifs is 3. The molecule has 0 bridgehead atoms. The number of nitrogens with two attached hydrogens (primary N) is 3. The third kappa shape index (κ3) is 24.9. The Labute approximate surface area is 620 Å². The Morgan fingerprint density at radius 1 is 0.524 bits per heavy atom. The molecule has 4 aliphatic heterocycles. The molecule has 4 fully saturated rings. The molecule has 105 heavy (non-hydrogen) atoms. The van der Waals surface area contributed by atoms with Crippen molar-refractivity contribution in [2.24, 2.45) is 40.9 Å². The van der Waals surface area contributed by atoms with Crippen LogP contribution in [0.3, 0.4) is 0 Å². The van der Waals surface area contributed by atoms with Crippen LogP contribution in [0.1, 0.15) is 138 Å². The van der Waals surface area contributed by atoms with Crippen LogP contribution < -0.4 is 70.4 Å². The topological polar surface area (TPSA) is 488 Å². The Morgan fingerprint density at radius 2 is 0.962 bits per heavy atom. The van der Waals surface area contributed by atoms with Gasteiger partial charge in [0.15, 0.2) is 0 Å². The summed E-state index contributed by atoms with van der Waals surface area (Å²) < 4.78 is 0. The number of benzene rings is 2. The van der Waals surface area contributed by atoms with Crippen molar-refractivity contribution >= 4 is 104 Å². The Morgan fingerprint density at radius 3 is 1.45 bits per heavy atom. The highest BCUT2D eigenvalue weighted by atomic mass is 33.1. The molecule has 34 heteroatoms. The molecule has 14 atom stereocenters. The van der Waals surface area contributed by atoms with E-state index < -0.39 is 174 Å². The molecule has 0 aromatic heterocycles. The number of primary amides is 1. The molecular weight excluding hydrogens is 1400 g/mol. The van der Waals surface area contributed by atoms with E-state index in [1.165, 1.54) is 58.0 Å². The zero-order chi connectivity index (χ0) is 77.5. The lowest BCUT2D eigenvalue weighted by molar-refractivity contribution is -0.147. The van der Waals surface area contributed by atoms with Crippen molar-refractivity contribution in [3.63, 3.8) is 0 Å². The Kier molecular flexibility index (Phi) is 33.0. The van der Waals surface area contributed by atoms with Gasteiger partial charge in [0.25, 0.3) is 0 Å². The lowest BCUT2D eigenvalue weighted by Gasteiger charge is -2.33. The number of nitrogens with one attached hydrogen (secondary N) is 10. The van der Waals surface area contributed by atoms with E-state index in [0.29, 0.717) is 36.8 Å². The summed E-state index contributed by atoms with van der Waals surface area (Å²) in [5.74, 6) is -12.7. The molecule has 4 aliphatic rings. The van der Waals surface area contributed by atoms with E-state index in [9.17, 15) is 77.3 Å². The summed E-state index contributed by atoms with van der Waals surface area (Å²) >= 11 is 0. The number of amides is 14. The van der Waals surface area contributed by atoms with Crippen LogP contribution >= 0.6 is 21.6 Å². The number of carbonyl (C=O) groups is 14. The number of aromatic hydroxyl groups is 2. The van der Waals surface area contributed by atoms with E-state index in [1.54, 1.807) is 46.8 Å². The maximum absolute atomic E-state index is 15.0. The van der Waals surface area contributed by atoms with Gasteiger partial charge in [-0.3, -0.25) is 67.1 Å². The number of nitrogens with zero attached hydrogens (tertiary/aromatic N) is 3. The van der Waals surface area contributed by atoms with Gasteiger partial charge in [-0.25, -0.2) is 0 Å². The van der Waals surface area contributed by atoms with Crippen LogP contribution in [0.2, 0.25) is 0 Å². The number of phenolic OH excluding ortho intramolecular Hbond substituents is 2. The quantitative estimate of drug-likeness (QED) is 0.0610. The van der Waals surface area contributed by atoms with Gasteiger partial charge in [0.1, 0.15) is 90.0 Å². The maximum Gasteiger partial charge on any atom is 0.246 e. The SMILES string of the molecule is CC[C@H](C)[C@H](NC(=O)[C@H](CC(C)C)NC(=O)[C@@H](CN)NC(=O)[C@@H]1CSSC[C@H](NC(C)=O)C(=O)N2CCC[C@H]2C(=O)N2CCC[C@H]2C(=O)N[C@@H](Cc2ccc(O)cc2)C(=O)N[C@@H](CC(C)C)C(=O)N2CCC[C@H]2C(=O)N[C@@H](CN)C(=O)N[C@@H](Cc2ccc(O)cc2)C(=O)N[C@@H](CC(C)C)C(=O)N1)C(N)=O. The minimum absolute atomic E-state index is 0.0632. The fourth-order valence-corrected chi connectivity index (χ4v) is 15.5. The van der Waals surface area contributed by atoms with Gasteiger partial charge < -0.3 is 95.3 Å². The molecule has 6 rings (SSSR count). The highest BCUT2D eigenvalue weighted by Crippen LogP contribution is 2.30. The van der Waals surface area contributed by atoms with Crippen molar-refractivity contribution < 1.29 is 77.3 Å². The number of hydrogen-bond donors (Lipinski definition) is 15. The minimum atomic E-state index is -1.59. The van der Waals surface area contributed by atoms with Crippen molar-refractivity contribution in [1.29, 1.82) is 0 Å². The van der Waals surface area contributed by atoms with E-state index in [4.69, 9.17) is 17.2 Å². The van der Waals surface area contributed by atoms with Gasteiger partial charge in [0.05, 0.1) is 0 Å². The summed E-state index contributed by atoms with van der Waals surface area (Å²) in [5, 5.41) is 47.4. The van der Waals surface area contributed by atoms with Crippen molar-refractivity contribution in [3.05, 3.63) is 59.7 Å². The average molecular weight is 1510 g/mol. The molecule has 0 saturated carbocycles. The molecule has 2 aromatic carbocycles. The second-order valence-corrected chi connectivity index (χ2v) is 31.3. The zero-order valence-electron chi connectivity index (χ0n) is 61.4. The number of hydrogen-bond acceptors (Lipinski definition) is 20. The molecule has 32 nitrogen and oxygen atoms in total. The molecule has 0 radical (unpaired) electrons. The number of rotatable bonds is 22. The first-order chi connectivity index (χ1) is 49.7. The Bertz CT molecular complexity index is 3410. The summed E-state index contributed by atoms with van der Waals surface area (Å²) in [4.78, 5) is 205. The number of phenols is 2. The fourth-order valence-electron chi connectivity index (χ4n) is 13.2. The van der Waals surface area contributed by atoms with Gasteiger partial charge >= 0.3 is 0 Å². The largest absolute Gasteiger partial charge is 0.508 e. The van der Waals surface area contributed by atoms with Crippen LogP contribution in [0, 0.1) is 23.7 Å². The predicted octanol–water partition coefficient (Wildman–Crippen LogP) is -1.29. The summed E-state index contributed by atoms with van der Waals surface area (Å²) in [6, 6.07) is -5.70. The highest BCUT2D eigenvalue weighted by Gasteiger charge is 2.46. The molecule has 0 spiro atoms. The van der Waals surface area contributed by atoms with Gasteiger partial charge in [-0.2, -0.15) is 0 Å². The van der Waals surface area contributed by atoms with Crippen LogP contribution in [-0.2, 0) is 80.0 Å². The first-order valence-corrected chi connectivity index (χ1v) is 38.6. The van der Waals surface area contributed by atoms with Crippen LogP contribution in [0.15, 0.2) is 48.5 Å². The van der Waals surface area contributed by atoms with Gasteiger partial charge in [-0.15, -0.1) is 0 Å². The van der Waals surface area contributed by atoms with Crippen molar-refractivity contribution in [3.8, 4) is 11.5 Å². The first kappa shape index (κ1) is 85.2. The smallest absolute Gasteiger partial charge is 0.246 e. The second-order valence-electron chi connectivity index (χ2n) is 28.8. The van der Waals surface area contributed by atoms with Crippen molar-refractivity contribution in [2.75, 3.05) is 44.2 Å². The van der Waals surface area contributed by atoms with Crippen LogP contribution in [-0.4, -0.2) is 230 Å². The highest BCUT2D eigenvalue weighted by molar-refractivity contribution is 8.76. The van der Waals surface area contributed by atoms with Crippen molar-refractivity contribution in [2.45, 2.75) is 218 Å². The maximum atomic E-state index is 15.0. The molecule has 0 aliphatic carbocycles. The van der Waals surface area contributed by atoms with Gasteiger partial charge in [0.2, 0.25) is 82.7 Å². The van der Waals surface area contributed by atoms with Gasteiger partial charge in [-0.1, -0.05) is 108 Å². The van der Waals surface area contributed by atoms with Crippen molar-refractivity contribution in [1.82, 2.24) is 67.9 Å². The normalized spacial score (nSPS) is 25.1. The molecular formula is C71H108N16O16S2. The molecule has 14 amide bonds. The van der Waals surface area contributed by atoms with Crippen LogP contribution in [0.25, 0.3) is 0 Å². The Hall–Kier alpha value is -8.76. The molecule has 4 saturated heterocycles. The van der Waals surface area contributed by atoms with E-state index in [1.807, 2.05) is 20.8 Å². The summed E-state index contributed by atoms with van der Waals surface area (Å²) in [5.41, 5.74) is 19.0. The van der Waals surface area contributed by atoms with E-state index in [0.717, 1.165) is 21.6 Å². The van der Waals surface area contributed by atoms with Crippen LogP contribution in [0.5, 0.6) is 11.5 Å².